The Kier molecular flexibility index (Phi) is 8.89. The molecule has 314 valence electrons. The molecule has 2 amide bonds. The molecule has 5 fully saturated rings. The van der Waals surface area contributed by atoms with Crippen LogP contribution >= 0.6 is 0 Å². The third-order valence-electron chi connectivity index (χ3n) is 13.9. The average molecular weight is 828 g/mol. The monoisotopic (exact) mass is 827 g/mol. The molecule has 4 saturated heterocycles. The van der Waals surface area contributed by atoms with Gasteiger partial charge in [-0.05, 0) is 85.7 Å². The van der Waals surface area contributed by atoms with Crippen LogP contribution < -0.4 is 31.1 Å². The van der Waals surface area contributed by atoms with Gasteiger partial charge in [0.05, 0.1) is 29.6 Å². The zero-order valence-corrected chi connectivity index (χ0v) is 33.9. The molecule has 3 N–H and O–H groups in total. The summed E-state index contributed by atoms with van der Waals surface area (Å²) in [6.45, 7) is 6.19. The van der Waals surface area contributed by atoms with Crippen molar-refractivity contribution in [2.24, 2.45) is 18.9 Å². The van der Waals surface area contributed by atoms with Gasteiger partial charge in [0.25, 0.3) is 0 Å². The molecule has 3 unspecified atom stereocenters. The summed E-state index contributed by atoms with van der Waals surface area (Å²) in [6, 6.07) is 18.7. The highest BCUT2D eigenvalue weighted by Gasteiger charge is 2.48. The van der Waals surface area contributed by atoms with E-state index in [0.717, 1.165) is 79.9 Å². The molecular weight excluding hydrogens is 782 g/mol. The van der Waals surface area contributed by atoms with Crippen LogP contribution in [-0.4, -0.2) is 109 Å². The van der Waals surface area contributed by atoms with Gasteiger partial charge >= 0.3 is 5.69 Å². The maximum Gasteiger partial charge on any atom is 0.329 e. The largest absolute Gasteiger partial charge is 0.494 e. The minimum atomic E-state index is -0.691. The Hall–Kier alpha value is -6.33. The lowest BCUT2D eigenvalue weighted by molar-refractivity contribution is -0.135. The van der Waals surface area contributed by atoms with Crippen LogP contribution in [0.25, 0.3) is 33.3 Å². The van der Waals surface area contributed by atoms with Crippen LogP contribution in [0.5, 0.6) is 17.2 Å². The number of carbonyl (C=O) groups is 2. The van der Waals surface area contributed by atoms with Crippen molar-refractivity contribution in [3.8, 4) is 28.5 Å². The Balaban J connectivity index is 0.706. The van der Waals surface area contributed by atoms with Crippen molar-refractivity contribution in [3.63, 3.8) is 0 Å². The number of hydrogen-bond acceptors (Lipinski definition) is 12. The second kappa shape index (κ2) is 14.4. The number of nitrogens with zero attached hydrogens (tertiary/aromatic N) is 9. The molecule has 7 heterocycles. The third-order valence-corrected chi connectivity index (χ3v) is 13.9. The normalized spacial score (nSPS) is 23.7. The quantitative estimate of drug-likeness (QED) is 0.201. The van der Waals surface area contributed by atoms with Crippen molar-refractivity contribution in [1.82, 2.24) is 44.0 Å². The summed E-state index contributed by atoms with van der Waals surface area (Å²) in [5, 5.41) is 8.24. The standard InChI is InChI=1S/C44H46FN11O5/c1-51-34-16-27(8-11-32(34)55(44(51)59)33-12-13-37(57)49-43(33)58)53-19-30(20-53)54-21-29(22-54)52-17-25-14-28(15-26(25)18-52)56-42-38(41(46)47-23-48-42)40(50-56)24-6-9-31(10-7-24)61-36-5-3-4-35(60-2)39(36)45/h3-11,16,23,25-26,28-30,33H,12-15,17-22H2,1-2H3,(H2,46,47,48)(H,49,57,58). The van der Waals surface area contributed by atoms with Crippen molar-refractivity contribution < 1.29 is 23.5 Å². The number of anilines is 2. The first-order chi connectivity index (χ1) is 29.6. The Labute approximate surface area is 349 Å². The van der Waals surface area contributed by atoms with E-state index in [2.05, 4.69) is 34.7 Å². The van der Waals surface area contributed by atoms with Gasteiger partial charge < -0.3 is 20.1 Å². The minimum Gasteiger partial charge on any atom is -0.494 e. The molecule has 11 rings (SSSR count). The van der Waals surface area contributed by atoms with E-state index in [-0.39, 0.29) is 35.6 Å². The summed E-state index contributed by atoms with van der Waals surface area (Å²) >= 11 is 0. The molecule has 61 heavy (non-hydrogen) atoms. The fourth-order valence-corrected chi connectivity index (χ4v) is 10.5. The number of aryl methyl sites for hydroxylation is 1. The summed E-state index contributed by atoms with van der Waals surface area (Å²) in [5.74, 6) is 0.949. The number of nitrogens with one attached hydrogen (secondary N) is 1. The number of amides is 2. The number of nitrogen functional groups attached to an aromatic ring is 1. The summed E-state index contributed by atoms with van der Waals surface area (Å²) in [4.78, 5) is 54.2. The molecule has 0 bridgehead atoms. The minimum absolute atomic E-state index is 0.0788. The van der Waals surface area contributed by atoms with Crippen molar-refractivity contribution in [2.75, 3.05) is 57.0 Å². The molecule has 0 radical (unpaired) electrons. The highest BCUT2D eigenvalue weighted by atomic mass is 19.1. The molecule has 3 aromatic carbocycles. The van der Waals surface area contributed by atoms with Gasteiger partial charge in [0.2, 0.25) is 17.6 Å². The van der Waals surface area contributed by atoms with Gasteiger partial charge in [-0.25, -0.2) is 19.4 Å². The molecule has 17 heteroatoms. The molecule has 6 aromatic rings. The van der Waals surface area contributed by atoms with Crippen molar-refractivity contribution in [3.05, 3.63) is 83.3 Å². The lowest BCUT2D eigenvalue weighted by Gasteiger charge is -2.54. The highest BCUT2D eigenvalue weighted by molar-refractivity contribution is 6.00. The maximum absolute atomic E-state index is 14.7. The Bertz CT molecular complexity index is 2780. The van der Waals surface area contributed by atoms with E-state index in [1.165, 1.54) is 18.0 Å². The lowest BCUT2D eigenvalue weighted by Crippen LogP contribution is -2.69. The summed E-state index contributed by atoms with van der Waals surface area (Å²) in [6.07, 6.45) is 4.10. The van der Waals surface area contributed by atoms with Crippen molar-refractivity contribution in [2.45, 2.75) is 49.9 Å². The van der Waals surface area contributed by atoms with E-state index in [1.807, 2.05) is 30.3 Å². The SMILES string of the molecule is COc1cccc(Oc2ccc(-c3nn(C4CC5CN(C6CN(C7CN(c8ccc9c(c8)n(C)c(=O)n9C8CCC(=O)NC8=O)C7)C6)CC5C4)c4ncnc(N)c34)cc2)c1F. The molecule has 16 nitrogen and oxygen atoms in total. The van der Waals surface area contributed by atoms with E-state index in [9.17, 15) is 18.8 Å². The molecule has 4 aliphatic heterocycles. The van der Waals surface area contributed by atoms with Crippen LogP contribution in [0.3, 0.4) is 0 Å². The number of hydrogen-bond donors (Lipinski definition) is 2. The zero-order valence-electron chi connectivity index (χ0n) is 33.9. The highest BCUT2D eigenvalue weighted by Crippen LogP contribution is 2.47. The first kappa shape index (κ1) is 37.7. The number of halogens is 1. The maximum atomic E-state index is 14.7. The summed E-state index contributed by atoms with van der Waals surface area (Å²) in [7, 11) is 3.15. The first-order valence-electron chi connectivity index (χ1n) is 21.0. The molecule has 1 saturated carbocycles. The van der Waals surface area contributed by atoms with E-state index < -0.39 is 17.8 Å². The number of imide groups is 1. The van der Waals surface area contributed by atoms with Gasteiger partial charge in [-0.15, -0.1) is 0 Å². The predicted molar refractivity (Wildman–Crippen MR) is 225 cm³/mol. The Morgan fingerprint density at radius 1 is 0.836 bits per heavy atom. The van der Waals surface area contributed by atoms with Crippen LogP contribution in [0.15, 0.2) is 71.8 Å². The Morgan fingerprint density at radius 2 is 1.56 bits per heavy atom. The van der Waals surface area contributed by atoms with Crippen LogP contribution in [0.1, 0.15) is 37.8 Å². The van der Waals surface area contributed by atoms with Gasteiger partial charge in [0.15, 0.2) is 17.1 Å². The van der Waals surface area contributed by atoms with E-state index in [0.29, 0.717) is 53.1 Å². The number of piperidine rings is 1. The van der Waals surface area contributed by atoms with Crippen LogP contribution in [-0.2, 0) is 16.6 Å². The van der Waals surface area contributed by atoms with Gasteiger partial charge in [0.1, 0.15) is 29.6 Å². The van der Waals surface area contributed by atoms with E-state index >= 15 is 0 Å². The molecule has 5 aliphatic rings. The van der Waals surface area contributed by atoms with E-state index in [4.69, 9.17) is 20.3 Å². The Morgan fingerprint density at radius 3 is 2.30 bits per heavy atom. The van der Waals surface area contributed by atoms with Gasteiger partial charge in [-0.2, -0.15) is 9.49 Å². The van der Waals surface area contributed by atoms with Crippen LogP contribution in [0.2, 0.25) is 0 Å². The van der Waals surface area contributed by atoms with Crippen molar-refractivity contribution in [1.29, 1.82) is 0 Å². The van der Waals surface area contributed by atoms with Crippen molar-refractivity contribution >= 4 is 45.4 Å². The second-order valence-electron chi connectivity index (χ2n) is 17.3. The number of carbonyl (C=O) groups excluding carboxylic acids is 2. The molecule has 3 atom stereocenters. The molecule has 0 spiro atoms. The molecular formula is C44H46FN11O5. The van der Waals surface area contributed by atoms with Gasteiger partial charge in [0, 0.05) is 76.1 Å². The van der Waals surface area contributed by atoms with Gasteiger partial charge in [-0.1, -0.05) is 6.07 Å². The molecule has 3 aromatic heterocycles. The number of methoxy groups -OCH3 is 1. The number of rotatable bonds is 9. The smallest absolute Gasteiger partial charge is 0.329 e. The topological polar surface area (TPSA) is 171 Å². The number of ether oxygens (including phenoxy) is 2. The second-order valence-corrected chi connectivity index (χ2v) is 17.3. The number of imidazole rings is 1. The third kappa shape index (κ3) is 6.23. The average Bonchev–Trinajstić information content (AvgIpc) is 3.97. The lowest BCUT2D eigenvalue weighted by atomic mass is 9.98. The fraction of sp³-hybridized carbons (Fsp3) is 0.409. The number of benzene rings is 3. The van der Waals surface area contributed by atoms with Gasteiger partial charge in [-0.3, -0.25) is 33.8 Å². The molecule has 1 aliphatic carbocycles. The van der Waals surface area contributed by atoms with Crippen LogP contribution in [0.4, 0.5) is 15.9 Å². The summed E-state index contributed by atoms with van der Waals surface area (Å²) in [5.41, 5.74) is 11.1. The van der Waals surface area contributed by atoms with E-state index in [1.54, 1.807) is 41.9 Å². The van der Waals surface area contributed by atoms with Crippen LogP contribution in [0, 0.1) is 17.7 Å². The summed E-state index contributed by atoms with van der Waals surface area (Å²) < 4.78 is 30.9. The number of likely N-dealkylation sites (tertiary alicyclic amines) is 2. The number of nitrogens with two attached hydrogens (primary N) is 1. The number of fused-ring (bicyclic) bond motifs is 3. The predicted octanol–water partition coefficient (Wildman–Crippen LogP) is 4.10. The zero-order chi connectivity index (χ0) is 41.7. The number of aromatic nitrogens is 6. The fourth-order valence-electron chi connectivity index (χ4n) is 10.5. The first-order valence-corrected chi connectivity index (χ1v) is 21.0.